The second-order valence-corrected chi connectivity index (χ2v) is 5.46. The number of nitrogens with one attached hydrogen (secondary N) is 1. The average Bonchev–Trinajstić information content (AvgIpc) is 2.57. The van der Waals surface area contributed by atoms with Gasteiger partial charge < -0.3 is 10.1 Å². The maximum absolute atomic E-state index is 12.3. The van der Waals surface area contributed by atoms with Crippen LogP contribution in [0.4, 0.5) is 5.69 Å². The molecule has 0 heterocycles. The second kappa shape index (κ2) is 8.11. The van der Waals surface area contributed by atoms with Crippen LogP contribution in [0.2, 0.25) is 0 Å². The fourth-order valence-corrected chi connectivity index (χ4v) is 2.26. The van der Waals surface area contributed by atoms with E-state index in [1.54, 1.807) is 31.3 Å². The molecule has 0 radical (unpaired) electrons. The van der Waals surface area contributed by atoms with Crippen molar-refractivity contribution in [3.8, 4) is 0 Å². The molecule has 1 N–H and O–H groups in total. The van der Waals surface area contributed by atoms with E-state index in [1.807, 2.05) is 38.1 Å². The highest BCUT2D eigenvalue weighted by Crippen LogP contribution is 2.14. The Kier molecular flexibility index (Phi) is 5.90. The van der Waals surface area contributed by atoms with Gasteiger partial charge >= 0.3 is 5.97 Å². The van der Waals surface area contributed by atoms with E-state index >= 15 is 0 Å². The molecule has 24 heavy (non-hydrogen) atoms. The largest absolute Gasteiger partial charge is 0.462 e. The monoisotopic (exact) mass is 323 g/mol. The molecule has 2 aromatic rings. The molecule has 0 spiro atoms. The molecule has 0 aromatic heterocycles. The van der Waals surface area contributed by atoms with Crippen molar-refractivity contribution >= 4 is 17.4 Å². The van der Waals surface area contributed by atoms with Gasteiger partial charge in [0.2, 0.25) is 0 Å². The molecule has 0 unspecified atom stereocenters. The van der Waals surface area contributed by atoms with Gasteiger partial charge in [-0.2, -0.15) is 0 Å². The van der Waals surface area contributed by atoms with Gasteiger partial charge in [0.15, 0.2) is 5.78 Å². The molecule has 4 heteroatoms. The summed E-state index contributed by atoms with van der Waals surface area (Å²) in [4.78, 5) is 24.0. The van der Waals surface area contributed by atoms with Gasteiger partial charge in [0.1, 0.15) is 0 Å². The van der Waals surface area contributed by atoms with E-state index in [0.717, 1.165) is 11.1 Å². The lowest BCUT2D eigenvalue weighted by molar-refractivity contribution is 0.0526. The number of ether oxygens (including phenoxy) is 1. The average molecular weight is 323 g/mol. The molecule has 0 aliphatic carbocycles. The number of esters is 1. The lowest BCUT2D eigenvalue weighted by Gasteiger charge is -2.05. The lowest BCUT2D eigenvalue weighted by Crippen LogP contribution is -2.05. The first-order valence-electron chi connectivity index (χ1n) is 7.83. The van der Waals surface area contributed by atoms with Gasteiger partial charge in [0.25, 0.3) is 0 Å². The molecule has 0 amide bonds. The maximum Gasteiger partial charge on any atom is 0.338 e. The molecule has 2 rings (SSSR count). The Bertz CT molecular complexity index is 778. The van der Waals surface area contributed by atoms with Crippen LogP contribution in [0.15, 0.2) is 54.7 Å². The molecule has 4 nitrogen and oxygen atoms in total. The van der Waals surface area contributed by atoms with Crippen LogP contribution in [0.3, 0.4) is 0 Å². The first kappa shape index (κ1) is 17.5. The number of ketones is 1. The fraction of sp³-hybridized carbons (Fsp3) is 0.200. The van der Waals surface area contributed by atoms with Crippen molar-refractivity contribution in [2.24, 2.45) is 0 Å². The summed E-state index contributed by atoms with van der Waals surface area (Å²) in [5, 5.41) is 3.01. The number of hydrogen-bond donors (Lipinski definition) is 1. The van der Waals surface area contributed by atoms with Crippen LogP contribution in [0.5, 0.6) is 0 Å². The summed E-state index contributed by atoms with van der Waals surface area (Å²) >= 11 is 0. The number of carbonyl (C=O) groups excluding carboxylic acids is 2. The standard InChI is InChI=1S/C20H21NO3/c1-4-24-20(23)16-6-5-7-17(13-16)21-11-10-19(22)18-12-14(2)8-9-15(18)3/h5-13,21H,4H2,1-3H3/b11-10+. The first-order valence-corrected chi connectivity index (χ1v) is 7.83. The van der Waals surface area contributed by atoms with Crippen LogP contribution >= 0.6 is 0 Å². The molecule has 0 fully saturated rings. The summed E-state index contributed by atoms with van der Waals surface area (Å²) in [6.45, 7) is 5.97. The highest BCUT2D eigenvalue weighted by Gasteiger charge is 2.07. The minimum absolute atomic E-state index is 0.0646. The summed E-state index contributed by atoms with van der Waals surface area (Å²) in [6, 6.07) is 12.7. The Labute approximate surface area is 142 Å². The zero-order valence-corrected chi connectivity index (χ0v) is 14.1. The number of allylic oxidation sites excluding steroid dienone is 1. The Morgan fingerprint density at radius 3 is 2.67 bits per heavy atom. The summed E-state index contributed by atoms with van der Waals surface area (Å²) in [5.74, 6) is -0.429. The third kappa shape index (κ3) is 4.56. The summed E-state index contributed by atoms with van der Waals surface area (Å²) in [5.41, 5.74) is 3.86. The first-order chi connectivity index (χ1) is 11.5. The van der Waals surface area contributed by atoms with Gasteiger partial charge in [-0.25, -0.2) is 4.79 Å². The van der Waals surface area contributed by atoms with E-state index in [4.69, 9.17) is 4.74 Å². The van der Waals surface area contributed by atoms with Crippen LogP contribution in [0, 0.1) is 13.8 Å². The number of benzene rings is 2. The Morgan fingerprint density at radius 2 is 1.92 bits per heavy atom. The normalized spacial score (nSPS) is 10.6. The predicted octanol–water partition coefficient (Wildman–Crippen LogP) is 4.29. The Morgan fingerprint density at radius 1 is 1.12 bits per heavy atom. The van der Waals surface area contributed by atoms with Crippen molar-refractivity contribution in [1.29, 1.82) is 0 Å². The minimum Gasteiger partial charge on any atom is -0.462 e. The third-order valence-corrected chi connectivity index (χ3v) is 3.52. The van der Waals surface area contributed by atoms with E-state index in [-0.39, 0.29) is 11.8 Å². The number of rotatable bonds is 6. The van der Waals surface area contributed by atoms with Gasteiger partial charge in [0.05, 0.1) is 12.2 Å². The topological polar surface area (TPSA) is 55.4 Å². The van der Waals surface area contributed by atoms with E-state index in [0.29, 0.717) is 23.4 Å². The highest BCUT2D eigenvalue weighted by molar-refractivity contribution is 6.05. The highest BCUT2D eigenvalue weighted by atomic mass is 16.5. The molecule has 2 aromatic carbocycles. The van der Waals surface area contributed by atoms with E-state index in [2.05, 4.69) is 5.32 Å². The zero-order valence-electron chi connectivity index (χ0n) is 14.1. The molecular formula is C20H21NO3. The summed E-state index contributed by atoms with van der Waals surface area (Å²) in [6.07, 6.45) is 3.06. The van der Waals surface area contributed by atoms with E-state index in [1.165, 1.54) is 6.08 Å². The summed E-state index contributed by atoms with van der Waals surface area (Å²) < 4.78 is 4.97. The number of carbonyl (C=O) groups is 2. The van der Waals surface area contributed by atoms with Crippen LogP contribution in [-0.4, -0.2) is 18.4 Å². The molecule has 0 aliphatic heterocycles. The lowest BCUT2D eigenvalue weighted by atomic mass is 10.0. The zero-order chi connectivity index (χ0) is 17.5. The molecule has 0 saturated carbocycles. The number of aryl methyl sites for hydroxylation is 2. The van der Waals surface area contributed by atoms with Gasteiger partial charge in [-0.05, 0) is 50.6 Å². The number of hydrogen-bond acceptors (Lipinski definition) is 4. The van der Waals surface area contributed by atoms with Crippen molar-refractivity contribution in [2.75, 3.05) is 11.9 Å². The van der Waals surface area contributed by atoms with Crippen molar-refractivity contribution in [2.45, 2.75) is 20.8 Å². The SMILES string of the molecule is CCOC(=O)c1cccc(N/C=C/C(=O)c2cc(C)ccc2C)c1. The van der Waals surface area contributed by atoms with Gasteiger partial charge in [-0.3, -0.25) is 4.79 Å². The maximum atomic E-state index is 12.3. The Hall–Kier alpha value is -2.88. The van der Waals surface area contributed by atoms with Gasteiger partial charge in [-0.15, -0.1) is 0 Å². The van der Waals surface area contributed by atoms with Crippen LogP contribution in [-0.2, 0) is 4.74 Å². The Balaban J connectivity index is 2.06. The number of anilines is 1. The molecule has 0 aliphatic rings. The smallest absolute Gasteiger partial charge is 0.338 e. The van der Waals surface area contributed by atoms with Crippen LogP contribution in [0.1, 0.15) is 38.8 Å². The third-order valence-electron chi connectivity index (χ3n) is 3.52. The molecule has 0 atom stereocenters. The second-order valence-electron chi connectivity index (χ2n) is 5.46. The van der Waals surface area contributed by atoms with Crippen molar-refractivity contribution in [1.82, 2.24) is 0 Å². The molecule has 0 bridgehead atoms. The van der Waals surface area contributed by atoms with Crippen LogP contribution in [0.25, 0.3) is 0 Å². The van der Waals surface area contributed by atoms with Crippen molar-refractivity contribution < 1.29 is 14.3 Å². The molecular weight excluding hydrogens is 302 g/mol. The van der Waals surface area contributed by atoms with Gasteiger partial charge in [-0.1, -0.05) is 23.8 Å². The fourth-order valence-electron chi connectivity index (χ4n) is 2.26. The van der Waals surface area contributed by atoms with Gasteiger partial charge in [0, 0.05) is 23.5 Å². The summed E-state index contributed by atoms with van der Waals surface area (Å²) in [7, 11) is 0. The minimum atomic E-state index is -0.364. The van der Waals surface area contributed by atoms with Crippen molar-refractivity contribution in [3.05, 3.63) is 77.0 Å². The molecule has 0 saturated heterocycles. The predicted molar refractivity (Wildman–Crippen MR) is 95.4 cm³/mol. The van der Waals surface area contributed by atoms with Crippen LogP contribution < -0.4 is 5.32 Å². The quantitative estimate of drug-likeness (QED) is 0.489. The van der Waals surface area contributed by atoms with E-state index < -0.39 is 0 Å². The molecule has 124 valence electrons. The van der Waals surface area contributed by atoms with E-state index in [9.17, 15) is 9.59 Å². The van der Waals surface area contributed by atoms with Crippen molar-refractivity contribution in [3.63, 3.8) is 0 Å².